The van der Waals surface area contributed by atoms with Gasteiger partial charge < -0.3 is 10.2 Å². The van der Waals surface area contributed by atoms with Gasteiger partial charge in [-0.2, -0.15) is 0 Å². The first-order valence-corrected chi connectivity index (χ1v) is 10.7. The second kappa shape index (κ2) is 8.53. The zero-order valence-corrected chi connectivity index (χ0v) is 16.2. The second-order valence-electron chi connectivity index (χ2n) is 6.81. The molecule has 1 aliphatic rings. The standard InChI is InChI=1S/C20H23N3O4S/c21-28(26,27)18-9-7-15(8-10-18)13-19(24)22-14-16-4-3-5-17(12-16)23-11-2-1-6-20(23)25/h3-5,7-10,12H,1-2,6,11,13-14H2,(H,22,24)(H2,21,26,27). The van der Waals surface area contributed by atoms with Gasteiger partial charge in [-0.05, 0) is 48.2 Å². The molecule has 0 spiro atoms. The van der Waals surface area contributed by atoms with Gasteiger partial charge in [0.05, 0.1) is 11.3 Å². The fourth-order valence-corrected chi connectivity index (χ4v) is 3.67. The summed E-state index contributed by atoms with van der Waals surface area (Å²) in [7, 11) is -3.74. The number of carbonyl (C=O) groups is 2. The summed E-state index contributed by atoms with van der Waals surface area (Å²) in [5, 5.41) is 7.91. The molecule has 1 saturated heterocycles. The number of rotatable bonds is 6. The lowest BCUT2D eigenvalue weighted by atomic mass is 10.1. The van der Waals surface area contributed by atoms with E-state index in [2.05, 4.69) is 5.32 Å². The van der Waals surface area contributed by atoms with E-state index >= 15 is 0 Å². The number of hydrogen-bond donors (Lipinski definition) is 2. The number of hydrogen-bond acceptors (Lipinski definition) is 4. The third-order valence-corrected chi connectivity index (χ3v) is 5.58. The van der Waals surface area contributed by atoms with Crippen molar-refractivity contribution >= 4 is 27.5 Å². The average Bonchev–Trinajstić information content (AvgIpc) is 2.67. The zero-order valence-electron chi connectivity index (χ0n) is 15.4. The minimum atomic E-state index is -3.74. The lowest BCUT2D eigenvalue weighted by molar-refractivity contribution is -0.121. The maximum absolute atomic E-state index is 12.2. The molecule has 0 aromatic heterocycles. The van der Waals surface area contributed by atoms with E-state index in [4.69, 9.17) is 5.14 Å². The summed E-state index contributed by atoms with van der Waals surface area (Å²) in [5.41, 5.74) is 2.46. The van der Waals surface area contributed by atoms with Crippen molar-refractivity contribution in [2.24, 2.45) is 5.14 Å². The molecule has 0 radical (unpaired) electrons. The van der Waals surface area contributed by atoms with Crippen molar-refractivity contribution in [2.75, 3.05) is 11.4 Å². The van der Waals surface area contributed by atoms with Gasteiger partial charge in [0.25, 0.3) is 0 Å². The molecule has 3 rings (SSSR count). The highest BCUT2D eigenvalue weighted by atomic mass is 32.2. The quantitative estimate of drug-likeness (QED) is 0.768. The van der Waals surface area contributed by atoms with Gasteiger partial charge in [0, 0.05) is 25.2 Å². The van der Waals surface area contributed by atoms with Crippen LogP contribution >= 0.6 is 0 Å². The number of sulfonamides is 1. The van der Waals surface area contributed by atoms with Crippen molar-refractivity contribution in [3.05, 3.63) is 59.7 Å². The van der Waals surface area contributed by atoms with Crippen LogP contribution in [0.15, 0.2) is 53.4 Å². The molecule has 0 unspecified atom stereocenters. The molecular weight excluding hydrogens is 378 g/mol. The van der Waals surface area contributed by atoms with E-state index in [1.165, 1.54) is 12.1 Å². The van der Waals surface area contributed by atoms with Crippen molar-refractivity contribution < 1.29 is 18.0 Å². The Hall–Kier alpha value is -2.71. The molecule has 2 aromatic carbocycles. The van der Waals surface area contributed by atoms with Crippen LogP contribution in [0.5, 0.6) is 0 Å². The van der Waals surface area contributed by atoms with Crippen LogP contribution in [-0.2, 0) is 32.6 Å². The predicted molar refractivity (Wildman–Crippen MR) is 106 cm³/mol. The molecule has 2 aromatic rings. The van der Waals surface area contributed by atoms with Gasteiger partial charge in [-0.1, -0.05) is 24.3 Å². The van der Waals surface area contributed by atoms with Crippen molar-refractivity contribution in [1.29, 1.82) is 0 Å². The first kappa shape index (κ1) is 20.0. The fraction of sp³-hybridized carbons (Fsp3) is 0.300. The first-order chi connectivity index (χ1) is 13.3. The molecule has 148 valence electrons. The Morgan fingerprint density at radius 1 is 1.07 bits per heavy atom. The molecule has 0 bridgehead atoms. The number of nitrogens with zero attached hydrogens (tertiary/aromatic N) is 1. The van der Waals surface area contributed by atoms with Crippen molar-refractivity contribution in [1.82, 2.24) is 5.32 Å². The Morgan fingerprint density at radius 2 is 1.82 bits per heavy atom. The van der Waals surface area contributed by atoms with Crippen molar-refractivity contribution in [3.8, 4) is 0 Å². The van der Waals surface area contributed by atoms with Gasteiger partial charge in [0.2, 0.25) is 21.8 Å². The molecule has 0 atom stereocenters. The molecule has 0 saturated carbocycles. The summed E-state index contributed by atoms with van der Waals surface area (Å²) >= 11 is 0. The van der Waals surface area contributed by atoms with E-state index in [9.17, 15) is 18.0 Å². The molecule has 3 N–H and O–H groups in total. The Morgan fingerprint density at radius 3 is 2.50 bits per heavy atom. The molecule has 1 aliphatic heterocycles. The van der Waals surface area contributed by atoms with Crippen LogP contribution in [-0.4, -0.2) is 26.8 Å². The maximum atomic E-state index is 12.2. The lowest BCUT2D eigenvalue weighted by Gasteiger charge is -2.27. The minimum Gasteiger partial charge on any atom is -0.352 e. The van der Waals surface area contributed by atoms with Crippen LogP contribution in [0.1, 0.15) is 30.4 Å². The molecule has 8 heteroatoms. The van der Waals surface area contributed by atoms with Crippen LogP contribution in [0.3, 0.4) is 0 Å². The van der Waals surface area contributed by atoms with Gasteiger partial charge in [-0.3, -0.25) is 9.59 Å². The van der Waals surface area contributed by atoms with Crippen molar-refractivity contribution in [3.63, 3.8) is 0 Å². The van der Waals surface area contributed by atoms with Gasteiger partial charge in [0.15, 0.2) is 0 Å². The highest BCUT2D eigenvalue weighted by Crippen LogP contribution is 2.22. The second-order valence-corrected chi connectivity index (χ2v) is 8.38. The summed E-state index contributed by atoms with van der Waals surface area (Å²) in [6.07, 6.45) is 2.64. The van der Waals surface area contributed by atoms with E-state index in [-0.39, 0.29) is 23.1 Å². The predicted octanol–water partition coefficient (Wildman–Crippen LogP) is 1.71. The van der Waals surface area contributed by atoms with Gasteiger partial charge >= 0.3 is 0 Å². The van der Waals surface area contributed by atoms with E-state index in [0.29, 0.717) is 18.5 Å². The number of amides is 2. The van der Waals surface area contributed by atoms with Crippen LogP contribution < -0.4 is 15.4 Å². The SMILES string of the molecule is NS(=O)(=O)c1ccc(CC(=O)NCc2cccc(N3CCCCC3=O)c2)cc1. The van der Waals surface area contributed by atoms with Crippen LogP contribution in [0.4, 0.5) is 5.69 Å². The Kier molecular flexibility index (Phi) is 6.11. The number of primary sulfonamides is 1. The number of carbonyl (C=O) groups excluding carboxylic acids is 2. The molecule has 0 aliphatic carbocycles. The normalized spacial score (nSPS) is 14.8. The molecule has 1 heterocycles. The Bertz CT molecular complexity index is 971. The monoisotopic (exact) mass is 401 g/mol. The molecule has 2 amide bonds. The van der Waals surface area contributed by atoms with Crippen molar-refractivity contribution in [2.45, 2.75) is 37.1 Å². The number of nitrogens with one attached hydrogen (secondary N) is 1. The summed E-state index contributed by atoms with van der Waals surface area (Å²) in [4.78, 5) is 26.1. The summed E-state index contributed by atoms with van der Waals surface area (Å²) in [6, 6.07) is 13.5. The zero-order chi connectivity index (χ0) is 20.1. The Balaban J connectivity index is 1.57. The Labute approximate surface area is 164 Å². The minimum absolute atomic E-state index is 0.0146. The number of piperidine rings is 1. The van der Waals surface area contributed by atoms with Crippen LogP contribution in [0.2, 0.25) is 0 Å². The van der Waals surface area contributed by atoms with Gasteiger partial charge in [0.1, 0.15) is 0 Å². The number of benzene rings is 2. The lowest BCUT2D eigenvalue weighted by Crippen LogP contribution is -2.35. The molecule has 1 fully saturated rings. The maximum Gasteiger partial charge on any atom is 0.238 e. The van der Waals surface area contributed by atoms with Gasteiger partial charge in [-0.15, -0.1) is 0 Å². The number of anilines is 1. The largest absolute Gasteiger partial charge is 0.352 e. The van der Waals surface area contributed by atoms with Gasteiger partial charge in [-0.25, -0.2) is 13.6 Å². The summed E-state index contributed by atoms with van der Waals surface area (Å²) in [5.74, 6) is -0.0433. The average molecular weight is 401 g/mol. The summed E-state index contributed by atoms with van der Waals surface area (Å²) in [6.45, 7) is 1.08. The topological polar surface area (TPSA) is 110 Å². The van der Waals surface area contributed by atoms with E-state index in [1.807, 2.05) is 24.3 Å². The van der Waals surface area contributed by atoms with E-state index < -0.39 is 10.0 Å². The molecular formula is C20H23N3O4S. The smallest absolute Gasteiger partial charge is 0.238 e. The first-order valence-electron chi connectivity index (χ1n) is 9.11. The van der Waals surface area contributed by atoms with Crippen LogP contribution in [0.25, 0.3) is 0 Å². The molecule has 7 nitrogen and oxygen atoms in total. The third kappa shape index (κ3) is 5.17. The summed E-state index contributed by atoms with van der Waals surface area (Å²) < 4.78 is 22.5. The third-order valence-electron chi connectivity index (χ3n) is 4.65. The molecule has 28 heavy (non-hydrogen) atoms. The highest BCUT2D eigenvalue weighted by molar-refractivity contribution is 7.89. The fourth-order valence-electron chi connectivity index (χ4n) is 3.16. The highest BCUT2D eigenvalue weighted by Gasteiger charge is 2.19. The van der Waals surface area contributed by atoms with E-state index in [0.717, 1.165) is 30.6 Å². The van der Waals surface area contributed by atoms with Crippen LogP contribution in [0, 0.1) is 0 Å². The number of nitrogens with two attached hydrogens (primary N) is 1. The van der Waals surface area contributed by atoms with E-state index in [1.54, 1.807) is 17.0 Å².